The summed E-state index contributed by atoms with van der Waals surface area (Å²) in [6, 6.07) is 16.3. The first-order chi connectivity index (χ1) is 13.8. The Kier molecular flexibility index (Phi) is 10.6. The summed E-state index contributed by atoms with van der Waals surface area (Å²) in [4.78, 5) is 4.27. The predicted molar refractivity (Wildman–Crippen MR) is 126 cm³/mol. The molecule has 29 heavy (non-hydrogen) atoms. The van der Waals surface area contributed by atoms with Gasteiger partial charge < -0.3 is 24.8 Å². The number of fused-ring (bicyclic) bond motifs is 1. The Morgan fingerprint density at radius 1 is 0.966 bits per heavy atom. The minimum Gasteiger partial charge on any atom is -0.454 e. The van der Waals surface area contributed by atoms with Crippen molar-refractivity contribution < 1.29 is 14.2 Å². The third-order valence-corrected chi connectivity index (χ3v) is 4.49. The SMILES string of the molecule is CN=C(NCCCCOCc1ccccc1)NCCc1ccc2c(c1)OCO2.I. The first-order valence-electron chi connectivity index (χ1n) is 9.80. The maximum atomic E-state index is 5.71. The lowest BCUT2D eigenvalue weighted by Gasteiger charge is -2.12. The van der Waals surface area contributed by atoms with Crippen molar-refractivity contribution in [3.05, 3.63) is 59.7 Å². The van der Waals surface area contributed by atoms with E-state index in [0.717, 1.165) is 56.4 Å². The summed E-state index contributed by atoms with van der Waals surface area (Å²) in [7, 11) is 1.79. The van der Waals surface area contributed by atoms with Crippen LogP contribution in [0.25, 0.3) is 0 Å². The van der Waals surface area contributed by atoms with E-state index in [1.165, 1.54) is 11.1 Å². The monoisotopic (exact) mass is 511 g/mol. The lowest BCUT2D eigenvalue weighted by molar-refractivity contribution is 0.117. The molecule has 0 radical (unpaired) electrons. The zero-order valence-corrected chi connectivity index (χ0v) is 19.2. The van der Waals surface area contributed by atoms with E-state index in [1.54, 1.807) is 7.05 Å². The van der Waals surface area contributed by atoms with Crippen molar-refractivity contribution in [2.75, 3.05) is 33.5 Å². The summed E-state index contributed by atoms with van der Waals surface area (Å²) in [5.41, 5.74) is 2.43. The third-order valence-electron chi connectivity index (χ3n) is 4.49. The highest BCUT2D eigenvalue weighted by molar-refractivity contribution is 14.0. The van der Waals surface area contributed by atoms with Crippen molar-refractivity contribution in [1.82, 2.24) is 10.6 Å². The van der Waals surface area contributed by atoms with Crippen LogP contribution in [0.5, 0.6) is 11.5 Å². The first-order valence-corrected chi connectivity index (χ1v) is 9.80. The standard InChI is InChI=1S/C22H29N3O3.HI/c1-23-22(24-12-5-6-14-26-16-19-7-3-2-4-8-19)25-13-11-18-9-10-20-21(15-18)28-17-27-20;/h2-4,7-10,15H,5-6,11-14,16-17H2,1H3,(H2,23,24,25);1H. The Balaban J connectivity index is 0.00000300. The second kappa shape index (κ2) is 13.3. The minimum absolute atomic E-state index is 0. The Morgan fingerprint density at radius 2 is 1.76 bits per heavy atom. The molecule has 158 valence electrons. The number of nitrogens with zero attached hydrogens (tertiary/aromatic N) is 1. The molecule has 2 N–H and O–H groups in total. The Bertz CT molecular complexity index is 756. The van der Waals surface area contributed by atoms with E-state index in [4.69, 9.17) is 14.2 Å². The average Bonchev–Trinajstić information content (AvgIpc) is 3.20. The third kappa shape index (κ3) is 8.10. The molecule has 6 nitrogen and oxygen atoms in total. The molecule has 7 heteroatoms. The summed E-state index contributed by atoms with van der Waals surface area (Å²) in [6.07, 6.45) is 2.95. The molecular weight excluding hydrogens is 481 g/mol. The number of unbranched alkanes of at least 4 members (excludes halogenated alkanes) is 1. The second-order valence-corrected chi connectivity index (χ2v) is 6.61. The Morgan fingerprint density at radius 3 is 2.59 bits per heavy atom. The van der Waals surface area contributed by atoms with Crippen LogP contribution < -0.4 is 20.1 Å². The molecule has 0 aliphatic carbocycles. The largest absolute Gasteiger partial charge is 0.454 e. The van der Waals surface area contributed by atoms with Crippen LogP contribution in [0.15, 0.2) is 53.5 Å². The summed E-state index contributed by atoms with van der Waals surface area (Å²) >= 11 is 0. The molecule has 0 unspecified atom stereocenters. The molecule has 1 aliphatic heterocycles. The number of aliphatic imine (C=N–C) groups is 1. The van der Waals surface area contributed by atoms with Gasteiger partial charge in [-0.2, -0.15) is 0 Å². The van der Waals surface area contributed by atoms with Gasteiger partial charge in [0, 0.05) is 26.7 Å². The predicted octanol–water partition coefficient (Wildman–Crippen LogP) is 3.74. The zero-order chi connectivity index (χ0) is 19.4. The summed E-state index contributed by atoms with van der Waals surface area (Å²) in [6.45, 7) is 3.44. The molecule has 0 amide bonds. The van der Waals surface area contributed by atoms with Crippen molar-refractivity contribution in [2.45, 2.75) is 25.9 Å². The average molecular weight is 511 g/mol. The Labute approximate surface area is 190 Å². The van der Waals surface area contributed by atoms with Crippen LogP contribution >= 0.6 is 24.0 Å². The molecule has 0 fully saturated rings. The van der Waals surface area contributed by atoms with Crippen molar-refractivity contribution in [3.8, 4) is 11.5 Å². The van der Waals surface area contributed by atoms with E-state index in [0.29, 0.717) is 13.4 Å². The number of benzene rings is 2. The minimum atomic E-state index is 0. The van der Waals surface area contributed by atoms with E-state index in [-0.39, 0.29) is 24.0 Å². The van der Waals surface area contributed by atoms with E-state index < -0.39 is 0 Å². The topological polar surface area (TPSA) is 64.1 Å². The van der Waals surface area contributed by atoms with Crippen LogP contribution in [0, 0.1) is 0 Å². The summed E-state index contributed by atoms with van der Waals surface area (Å²) in [5, 5.41) is 6.69. The summed E-state index contributed by atoms with van der Waals surface area (Å²) < 4.78 is 16.5. The lowest BCUT2D eigenvalue weighted by atomic mass is 10.1. The van der Waals surface area contributed by atoms with Crippen LogP contribution in [-0.4, -0.2) is 39.5 Å². The van der Waals surface area contributed by atoms with E-state index >= 15 is 0 Å². The van der Waals surface area contributed by atoms with E-state index in [9.17, 15) is 0 Å². The van der Waals surface area contributed by atoms with Crippen LogP contribution in [0.2, 0.25) is 0 Å². The Hall–Kier alpha value is -2.00. The van der Waals surface area contributed by atoms with E-state index in [2.05, 4.69) is 33.8 Å². The van der Waals surface area contributed by atoms with Gasteiger partial charge in [-0.3, -0.25) is 4.99 Å². The lowest BCUT2D eigenvalue weighted by Crippen LogP contribution is -2.38. The smallest absolute Gasteiger partial charge is 0.231 e. The van der Waals surface area contributed by atoms with Gasteiger partial charge in [0.05, 0.1) is 6.61 Å². The number of hydrogen-bond acceptors (Lipinski definition) is 4. The van der Waals surface area contributed by atoms with Gasteiger partial charge in [0.15, 0.2) is 17.5 Å². The van der Waals surface area contributed by atoms with Crippen molar-refractivity contribution in [2.24, 2.45) is 4.99 Å². The molecule has 1 heterocycles. The second-order valence-electron chi connectivity index (χ2n) is 6.61. The molecular formula is C22H30IN3O3. The maximum absolute atomic E-state index is 5.71. The number of rotatable bonds is 10. The van der Waals surface area contributed by atoms with Crippen LogP contribution in [0.3, 0.4) is 0 Å². The quantitative estimate of drug-likeness (QED) is 0.220. The normalized spacial score (nSPS) is 12.4. The van der Waals surface area contributed by atoms with Crippen molar-refractivity contribution in [1.29, 1.82) is 0 Å². The first kappa shape index (κ1) is 23.3. The van der Waals surface area contributed by atoms with Gasteiger partial charge in [0.25, 0.3) is 0 Å². The number of ether oxygens (including phenoxy) is 3. The molecule has 0 spiro atoms. The van der Waals surface area contributed by atoms with Crippen molar-refractivity contribution in [3.63, 3.8) is 0 Å². The number of halogens is 1. The maximum Gasteiger partial charge on any atom is 0.231 e. The highest BCUT2D eigenvalue weighted by atomic mass is 127. The molecule has 0 aromatic heterocycles. The van der Waals surface area contributed by atoms with Gasteiger partial charge in [-0.05, 0) is 42.5 Å². The van der Waals surface area contributed by atoms with Crippen LogP contribution in [0.1, 0.15) is 24.0 Å². The van der Waals surface area contributed by atoms with E-state index in [1.807, 2.05) is 30.3 Å². The van der Waals surface area contributed by atoms with Gasteiger partial charge in [0.1, 0.15) is 0 Å². The van der Waals surface area contributed by atoms with Gasteiger partial charge in [-0.25, -0.2) is 0 Å². The molecule has 0 saturated heterocycles. The fourth-order valence-corrected chi connectivity index (χ4v) is 2.94. The fourth-order valence-electron chi connectivity index (χ4n) is 2.94. The molecule has 2 aromatic rings. The van der Waals surface area contributed by atoms with Crippen LogP contribution in [-0.2, 0) is 17.8 Å². The highest BCUT2D eigenvalue weighted by Gasteiger charge is 2.12. The van der Waals surface area contributed by atoms with Gasteiger partial charge in [-0.1, -0.05) is 36.4 Å². The molecule has 3 rings (SSSR count). The van der Waals surface area contributed by atoms with Crippen LogP contribution in [0.4, 0.5) is 0 Å². The van der Waals surface area contributed by atoms with Gasteiger partial charge >= 0.3 is 0 Å². The van der Waals surface area contributed by atoms with Gasteiger partial charge in [0.2, 0.25) is 6.79 Å². The fraction of sp³-hybridized carbons (Fsp3) is 0.409. The highest BCUT2D eigenvalue weighted by Crippen LogP contribution is 2.32. The molecule has 0 saturated carbocycles. The molecule has 0 bridgehead atoms. The summed E-state index contributed by atoms with van der Waals surface area (Å²) in [5.74, 6) is 2.47. The van der Waals surface area contributed by atoms with Gasteiger partial charge in [-0.15, -0.1) is 24.0 Å². The number of nitrogens with one attached hydrogen (secondary N) is 2. The number of hydrogen-bond donors (Lipinski definition) is 2. The molecule has 0 atom stereocenters. The zero-order valence-electron chi connectivity index (χ0n) is 16.9. The molecule has 2 aromatic carbocycles. The number of guanidine groups is 1. The molecule has 1 aliphatic rings. The van der Waals surface area contributed by atoms with Crippen molar-refractivity contribution >= 4 is 29.9 Å².